The van der Waals surface area contributed by atoms with E-state index in [0.29, 0.717) is 0 Å². The van der Waals surface area contributed by atoms with Crippen molar-refractivity contribution < 1.29 is 8.43 Å². The lowest BCUT2D eigenvalue weighted by atomic mass is 10.2. The van der Waals surface area contributed by atoms with Crippen molar-refractivity contribution in [1.82, 2.24) is 0 Å². The van der Waals surface area contributed by atoms with Crippen LogP contribution in [0.2, 0.25) is 39.3 Å². The average molecular weight is 315 g/mol. The third-order valence-corrected chi connectivity index (χ3v) is 8.78. The van der Waals surface area contributed by atoms with Gasteiger partial charge in [0.15, 0.2) is 16.6 Å². The van der Waals surface area contributed by atoms with Crippen molar-refractivity contribution in [3.8, 4) is 0 Å². The van der Waals surface area contributed by atoms with E-state index in [-0.39, 0.29) is 0 Å². The maximum absolute atomic E-state index is 6.25. The van der Waals surface area contributed by atoms with E-state index in [2.05, 4.69) is 69.6 Å². The first-order valence-corrected chi connectivity index (χ1v) is 15.0. The summed E-state index contributed by atoms with van der Waals surface area (Å²) >= 11 is 0. The van der Waals surface area contributed by atoms with Gasteiger partial charge in [-0.05, 0) is 51.3 Å². The second-order valence-electron chi connectivity index (χ2n) is 6.70. The Balaban J connectivity index is 2.59. The predicted molar refractivity (Wildman–Crippen MR) is 90.8 cm³/mol. The molecule has 19 heavy (non-hydrogen) atoms. The molecule has 0 unspecified atom stereocenters. The Kier molecular flexibility index (Phi) is 6.41. The van der Waals surface area contributed by atoms with Gasteiger partial charge in [0.2, 0.25) is 0 Å². The van der Waals surface area contributed by atoms with E-state index in [1.54, 1.807) is 0 Å². The SMILES string of the molecule is C[Si](C)(C)OP(CCc1ccccc1)O[Si](C)(C)C. The van der Waals surface area contributed by atoms with E-state index in [9.17, 15) is 0 Å². The molecule has 0 aliphatic heterocycles. The summed E-state index contributed by atoms with van der Waals surface area (Å²) in [6.07, 6.45) is 2.05. The van der Waals surface area contributed by atoms with Crippen LogP contribution in [-0.4, -0.2) is 22.8 Å². The summed E-state index contributed by atoms with van der Waals surface area (Å²) in [6, 6.07) is 10.6. The van der Waals surface area contributed by atoms with Gasteiger partial charge < -0.3 is 8.43 Å². The van der Waals surface area contributed by atoms with Gasteiger partial charge in [0, 0.05) is 6.16 Å². The minimum atomic E-state index is -1.53. The summed E-state index contributed by atoms with van der Waals surface area (Å²) in [5.74, 6) is 0. The van der Waals surface area contributed by atoms with E-state index in [4.69, 9.17) is 8.43 Å². The fraction of sp³-hybridized carbons (Fsp3) is 0.571. The van der Waals surface area contributed by atoms with Crippen LogP contribution in [0.5, 0.6) is 0 Å². The van der Waals surface area contributed by atoms with Gasteiger partial charge in [-0.3, -0.25) is 0 Å². The quantitative estimate of drug-likeness (QED) is 0.506. The summed E-state index contributed by atoms with van der Waals surface area (Å²) in [4.78, 5) is 0. The smallest absolute Gasteiger partial charge is 0.191 e. The molecule has 0 heterocycles. The highest BCUT2D eigenvalue weighted by molar-refractivity contribution is 7.50. The third kappa shape index (κ3) is 8.71. The van der Waals surface area contributed by atoms with E-state index in [1.807, 2.05) is 0 Å². The Bertz CT molecular complexity index is 355. The molecule has 2 nitrogen and oxygen atoms in total. The van der Waals surface area contributed by atoms with Gasteiger partial charge in [-0.2, -0.15) is 0 Å². The van der Waals surface area contributed by atoms with Gasteiger partial charge in [-0.1, -0.05) is 30.3 Å². The Morgan fingerprint density at radius 3 is 1.74 bits per heavy atom. The summed E-state index contributed by atoms with van der Waals surface area (Å²) in [6.45, 7) is 13.4. The number of aryl methyl sites for hydroxylation is 1. The largest absolute Gasteiger partial charge is 0.376 e. The Morgan fingerprint density at radius 1 is 0.842 bits per heavy atom. The second-order valence-corrected chi connectivity index (χ2v) is 17.7. The zero-order valence-corrected chi connectivity index (χ0v) is 16.0. The molecule has 0 saturated carbocycles. The molecule has 0 saturated heterocycles. The lowest BCUT2D eigenvalue weighted by Gasteiger charge is -2.30. The van der Waals surface area contributed by atoms with Crippen molar-refractivity contribution in [3.05, 3.63) is 35.9 Å². The van der Waals surface area contributed by atoms with Gasteiger partial charge in [0.05, 0.1) is 0 Å². The minimum absolute atomic E-state index is 0.737. The molecule has 108 valence electrons. The topological polar surface area (TPSA) is 18.5 Å². The van der Waals surface area contributed by atoms with Crippen molar-refractivity contribution in [1.29, 1.82) is 0 Å². The van der Waals surface area contributed by atoms with Crippen molar-refractivity contribution in [2.45, 2.75) is 45.7 Å². The van der Waals surface area contributed by atoms with Crippen LogP contribution in [0.1, 0.15) is 5.56 Å². The van der Waals surface area contributed by atoms with Crippen LogP contribution in [0.15, 0.2) is 30.3 Å². The number of hydrogen-bond acceptors (Lipinski definition) is 2. The van der Waals surface area contributed by atoms with Gasteiger partial charge in [0.25, 0.3) is 0 Å². The molecule has 0 radical (unpaired) electrons. The summed E-state index contributed by atoms with van der Waals surface area (Å²) < 4.78 is 12.5. The van der Waals surface area contributed by atoms with Crippen LogP contribution in [-0.2, 0) is 14.8 Å². The summed E-state index contributed by atoms with van der Waals surface area (Å²) in [7, 11) is -3.80. The van der Waals surface area contributed by atoms with Crippen molar-refractivity contribution >= 4 is 25.0 Å². The van der Waals surface area contributed by atoms with Crippen LogP contribution < -0.4 is 0 Å². The molecule has 0 fully saturated rings. The molecule has 0 spiro atoms. The van der Waals surface area contributed by atoms with E-state index < -0.39 is 25.0 Å². The third-order valence-electron chi connectivity index (χ3n) is 2.18. The molecule has 0 aromatic heterocycles. The van der Waals surface area contributed by atoms with E-state index in [1.165, 1.54) is 5.56 Å². The van der Waals surface area contributed by atoms with Gasteiger partial charge in [0.1, 0.15) is 8.38 Å². The molecule has 0 bridgehead atoms. The van der Waals surface area contributed by atoms with Crippen molar-refractivity contribution in [2.75, 3.05) is 6.16 Å². The molecule has 1 aromatic rings. The maximum Gasteiger partial charge on any atom is 0.191 e. The van der Waals surface area contributed by atoms with Gasteiger partial charge in [-0.25, -0.2) is 0 Å². The molecule has 1 rings (SSSR count). The van der Waals surface area contributed by atoms with Crippen molar-refractivity contribution in [2.24, 2.45) is 0 Å². The van der Waals surface area contributed by atoms with Gasteiger partial charge in [-0.15, -0.1) is 0 Å². The zero-order chi connectivity index (χ0) is 14.5. The highest BCUT2D eigenvalue weighted by Gasteiger charge is 2.27. The molecule has 0 aliphatic carbocycles. The first-order valence-electron chi connectivity index (χ1n) is 6.85. The van der Waals surface area contributed by atoms with Crippen LogP contribution in [0.25, 0.3) is 0 Å². The normalized spacial score (nSPS) is 13.0. The maximum atomic E-state index is 6.25. The van der Waals surface area contributed by atoms with Crippen LogP contribution in [0.4, 0.5) is 0 Å². The summed E-state index contributed by atoms with van der Waals surface area (Å²) in [5, 5.41) is 0. The monoisotopic (exact) mass is 314 g/mol. The standard InChI is InChI=1S/C14H27O2PSi2/c1-18(2,3)15-17(16-19(4,5)6)13-12-14-10-8-7-9-11-14/h7-11H,12-13H2,1-6H3. The Hall–Kier alpha value is 0.00377. The molecule has 5 heteroatoms. The predicted octanol–water partition coefficient (Wildman–Crippen LogP) is 5.24. The van der Waals surface area contributed by atoms with Crippen LogP contribution in [0.3, 0.4) is 0 Å². The molecular weight excluding hydrogens is 287 g/mol. The first-order chi connectivity index (χ1) is 8.66. The molecule has 1 aromatic carbocycles. The summed E-state index contributed by atoms with van der Waals surface area (Å²) in [5.41, 5.74) is 1.37. The molecule has 0 N–H and O–H groups in total. The fourth-order valence-electron chi connectivity index (χ4n) is 1.59. The Morgan fingerprint density at radius 2 is 1.32 bits per heavy atom. The molecule has 0 atom stereocenters. The number of rotatable bonds is 7. The first kappa shape index (κ1) is 17.1. The molecule has 0 amide bonds. The lowest BCUT2D eigenvalue weighted by Crippen LogP contribution is -2.29. The lowest BCUT2D eigenvalue weighted by molar-refractivity contribution is 0.488. The second kappa shape index (κ2) is 7.14. The van der Waals surface area contributed by atoms with Crippen LogP contribution in [0, 0.1) is 0 Å². The average Bonchev–Trinajstić information content (AvgIpc) is 2.23. The number of benzene rings is 1. The molecular formula is C14H27O2PSi2. The number of hydrogen-bond donors (Lipinski definition) is 0. The fourth-order valence-corrected chi connectivity index (χ4v) is 8.13. The van der Waals surface area contributed by atoms with Crippen LogP contribution >= 0.6 is 8.38 Å². The zero-order valence-electron chi connectivity index (χ0n) is 13.1. The van der Waals surface area contributed by atoms with E-state index in [0.717, 1.165) is 12.6 Å². The van der Waals surface area contributed by atoms with Gasteiger partial charge >= 0.3 is 0 Å². The van der Waals surface area contributed by atoms with E-state index >= 15 is 0 Å². The Labute approximate surface area is 121 Å². The highest BCUT2D eigenvalue weighted by atomic mass is 31.2. The van der Waals surface area contributed by atoms with Crippen molar-refractivity contribution in [3.63, 3.8) is 0 Å². The molecule has 0 aliphatic rings. The minimum Gasteiger partial charge on any atom is -0.376 e. The highest BCUT2D eigenvalue weighted by Crippen LogP contribution is 2.44.